The van der Waals surface area contributed by atoms with Crippen LogP contribution in [-0.4, -0.2) is 14.7 Å². The topological polar surface area (TPSA) is 93.0 Å². The highest BCUT2D eigenvalue weighted by atomic mass is 32.1. The van der Waals surface area contributed by atoms with Gasteiger partial charge in [-0.3, -0.25) is 0 Å². The molecule has 0 bridgehead atoms. The maximum atomic E-state index is 12.5. The highest BCUT2D eigenvalue weighted by molar-refractivity contribution is 7.13. The molecule has 0 atom stereocenters. The Bertz CT molecular complexity index is 1770. The molecule has 3 aromatic heterocycles. The Kier molecular flexibility index (Phi) is 5.20. The summed E-state index contributed by atoms with van der Waals surface area (Å²) in [6.07, 6.45) is 0. The summed E-state index contributed by atoms with van der Waals surface area (Å²) in [5, 5.41) is 23.3. The largest absolute Gasteiger partial charge is 0.493 e. The first-order valence-corrected chi connectivity index (χ1v) is 11.8. The van der Waals surface area contributed by atoms with E-state index in [1.165, 1.54) is 11.3 Å². The number of rotatable bonds is 5. The van der Waals surface area contributed by atoms with Crippen molar-refractivity contribution in [1.29, 1.82) is 0 Å². The molecule has 0 aliphatic carbocycles. The summed E-state index contributed by atoms with van der Waals surface area (Å²) in [7, 11) is 0. The Labute approximate surface area is 203 Å². The summed E-state index contributed by atoms with van der Waals surface area (Å²) in [4.78, 5) is 16.9. The lowest BCUT2D eigenvalue weighted by Crippen LogP contribution is -2.02. The van der Waals surface area contributed by atoms with E-state index >= 15 is 0 Å². The zero-order valence-electron chi connectivity index (χ0n) is 18.3. The van der Waals surface area contributed by atoms with Crippen LogP contribution in [0.3, 0.4) is 0 Å². The summed E-state index contributed by atoms with van der Waals surface area (Å²) in [5.74, 6) is 0.0331. The molecule has 0 aliphatic heterocycles. The zero-order chi connectivity index (χ0) is 23.8. The van der Waals surface area contributed by atoms with E-state index < -0.39 is 5.63 Å². The maximum absolute atomic E-state index is 12.5. The Morgan fingerprint density at radius 1 is 0.943 bits per heavy atom. The van der Waals surface area contributed by atoms with E-state index in [0.29, 0.717) is 34.2 Å². The van der Waals surface area contributed by atoms with Gasteiger partial charge >= 0.3 is 5.63 Å². The van der Waals surface area contributed by atoms with Crippen LogP contribution in [0.15, 0.2) is 110 Å². The third-order valence-electron chi connectivity index (χ3n) is 5.75. The number of fused-ring (bicyclic) bond motifs is 2. The molecule has 3 heterocycles. The molecular formula is C27H18N4O3S. The lowest BCUT2D eigenvalue weighted by Gasteiger charge is -2.06. The van der Waals surface area contributed by atoms with Crippen molar-refractivity contribution in [3.05, 3.63) is 106 Å². The fourth-order valence-electron chi connectivity index (χ4n) is 4.06. The van der Waals surface area contributed by atoms with Crippen molar-refractivity contribution in [3.63, 3.8) is 0 Å². The van der Waals surface area contributed by atoms with Gasteiger partial charge in [-0.1, -0.05) is 66.7 Å². The van der Waals surface area contributed by atoms with Crippen LogP contribution >= 0.6 is 11.3 Å². The Hall–Kier alpha value is -4.56. The van der Waals surface area contributed by atoms with Gasteiger partial charge in [0.25, 0.3) is 0 Å². The highest BCUT2D eigenvalue weighted by Gasteiger charge is 2.17. The first-order chi connectivity index (χ1) is 17.2. The fraction of sp³-hybridized carbons (Fsp3) is 0.0370. The van der Waals surface area contributed by atoms with E-state index in [4.69, 9.17) is 4.42 Å². The van der Waals surface area contributed by atoms with Crippen LogP contribution in [0, 0.1) is 0 Å². The van der Waals surface area contributed by atoms with E-state index in [2.05, 4.69) is 15.2 Å². The second kappa shape index (κ2) is 8.66. The van der Waals surface area contributed by atoms with Gasteiger partial charge in [-0.25, -0.2) is 9.78 Å². The molecule has 0 fully saturated rings. The molecule has 0 aliphatic rings. The molecule has 0 amide bonds. The van der Waals surface area contributed by atoms with E-state index in [-0.39, 0.29) is 5.88 Å². The van der Waals surface area contributed by atoms with Crippen molar-refractivity contribution in [2.75, 3.05) is 0 Å². The number of nitrogens with zero attached hydrogens (tertiary/aromatic N) is 4. The van der Waals surface area contributed by atoms with Gasteiger partial charge in [-0.2, -0.15) is 0 Å². The van der Waals surface area contributed by atoms with Crippen LogP contribution in [0.4, 0.5) is 10.8 Å². The van der Waals surface area contributed by atoms with Gasteiger partial charge in [-0.15, -0.1) is 21.6 Å². The van der Waals surface area contributed by atoms with Crippen LogP contribution in [0.5, 0.6) is 5.88 Å². The molecule has 0 saturated carbocycles. The number of thiazole rings is 1. The quantitative estimate of drug-likeness (QED) is 0.212. The monoisotopic (exact) mass is 478 g/mol. The minimum atomic E-state index is -0.459. The third kappa shape index (κ3) is 3.89. The minimum absolute atomic E-state index is 0.0331. The van der Waals surface area contributed by atoms with E-state index in [1.54, 1.807) is 17.5 Å². The Balaban J connectivity index is 1.36. The SMILES string of the molecule is O=c1oc2ccccc2cc1-c1csc(N=Nc2c(O)n(Cc3ccccc3)c3ccccc23)n1. The number of aromatic nitrogens is 2. The number of benzene rings is 3. The maximum Gasteiger partial charge on any atom is 0.345 e. The Morgan fingerprint density at radius 3 is 2.60 bits per heavy atom. The molecule has 170 valence electrons. The second-order valence-corrected chi connectivity index (χ2v) is 8.80. The zero-order valence-corrected chi connectivity index (χ0v) is 19.1. The number of aromatic hydroxyl groups is 1. The van der Waals surface area contributed by atoms with Gasteiger partial charge in [-0.05, 0) is 23.8 Å². The van der Waals surface area contributed by atoms with Gasteiger partial charge in [0.15, 0.2) is 5.69 Å². The standard InChI is InChI=1S/C27H18N4O3S/c32-25-24(19-11-5-6-12-22(19)31(25)15-17-8-2-1-3-9-17)29-30-27-28-21(16-35-27)20-14-18-10-4-7-13-23(18)34-26(20)33/h1-14,16,32H,15H2. The summed E-state index contributed by atoms with van der Waals surface area (Å²) < 4.78 is 7.23. The van der Waals surface area contributed by atoms with E-state index in [1.807, 2.05) is 77.4 Å². The van der Waals surface area contributed by atoms with Crippen molar-refractivity contribution in [3.8, 4) is 17.1 Å². The highest BCUT2D eigenvalue weighted by Crippen LogP contribution is 2.40. The minimum Gasteiger partial charge on any atom is -0.493 e. The summed E-state index contributed by atoms with van der Waals surface area (Å²) in [6.45, 7) is 0.502. The third-order valence-corrected chi connectivity index (χ3v) is 6.47. The summed E-state index contributed by atoms with van der Waals surface area (Å²) >= 11 is 1.26. The van der Waals surface area contributed by atoms with Crippen LogP contribution in [0.25, 0.3) is 33.1 Å². The molecule has 1 N–H and O–H groups in total. The summed E-state index contributed by atoms with van der Waals surface area (Å²) in [6, 6.07) is 26.7. The van der Waals surface area contributed by atoms with Crippen molar-refractivity contribution in [2.24, 2.45) is 10.2 Å². The molecule has 0 radical (unpaired) electrons. The molecule has 0 spiro atoms. The van der Waals surface area contributed by atoms with Gasteiger partial charge < -0.3 is 14.1 Å². The Morgan fingerprint density at radius 2 is 1.71 bits per heavy atom. The molecule has 0 saturated heterocycles. The molecule has 0 unspecified atom stereocenters. The van der Waals surface area contributed by atoms with Gasteiger partial charge in [0.2, 0.25) is 11.0 Å². The number of azo groups is 1. The molecule has 6 rings (SSSR count). The van der Waals surface area contributed by atoms with Crippen LogP contribution in [0.1, 0.15) is 5.56 Å². The molecule has 6 aromatic rings. The summed E-state index contributed by atoms with van der Waals surface area (Å²) in [5.41, 5.74) is 3.20. The lowest BCUT2D eigenvalue weighted by molar-refractivity contribution is 0.429. The predicted molar refractivity (Wildman–Crippen MR) is 137 cm³/mol. The number of para-hydroxylation sites is 2. The fourth-order valence-corrected chi connectivity index (χ4v) is 4.70. The average molecular weight is 479 g/mol. The predicted octanol–water partition coefficient (Wildman–Crippen LogP) is 7.04. The molecule has 3 aromatic carbocycles. The molecular weight excluding hydrogens is 460 g/mol. The van der Waals surface area contributed by atoms with Crippen molar-refractivity contribution in [2.45, 2.75) is 6.54 Å². The first-order valence-electron chi connectivity index (χ1n) is 10.9. The molecule has 35 heavy (non-hydrogen) atoms. The average Bonchev–Trinajstić information content (AvgIpc) is 3.46. The normalized spacial score (nSPS) is 11.7. The van der Waals surface area contributed by atoms with Crippen LogP contribution in [-0.2, 0) is 6.54 Å². The smallest absolute Gasteiger partial charge is 0.345 e. The van der Waals surface area contributed by atoms with Crippen molar-refractivity contribution >= 4 is 44.0 Å². The van der Waals surface area contributed by atoms with Gasteiger partial charge in [0.1, 0.15) is 5.58 Å². The lowest BCUT2D eigenvalue weighted by atomic mass is 10.1. The molecule has 7 nitrogen and oxygen atoms in total. The van der Waals surface area contributed by atoms with Crippen LogP contribution in [0.2, 0.25) is 0 Å². The first kappa shape index (κ1) is 21.0. The molecule has 8 heteroatoms. The van der Waals surface area contributed by atoms with Crippen LogP contribution < -0.4 is 5.63 Å². The number of hydrogen-bond donors (Lipinski definition) is 1. The van der Waals surface area contributed by atoms with Crippen molar-refractivity contribution < 1.29 is 9.52 Å². The van der Waals surface area contributed by atoms with E-state index in [0.717, 1.165) is 21.9 Å². The van der Waals surface area contributed by atoms with Gasteiger partial charge in [0, 0.05) is 16.2 Å². The van der Waals surface area contributed by atoms with Crippen molar-refractivity contribution in [1.82, 2.24) is 9.55 Å². The van der Waals surface area contributed by atoms with Gasteiger partial charge in [0.05, 0.1) is 23.3 Å². The second-order valence-electron chi connectivity index (χ2n) is 7.96. The van der Waals surface area contributed by atoms with E-state index in [9.17, 15) is 9.90 Å². The number of hydrogen-bond acceptors (Lipinski definition) is 7.